The molecule has 0 bridgehead atoms. The fourth-order valence-corrected chi connectivity index (χ4v) is 4.23. The maximum atomic E-state index is 12.5. The molecule has 1 aliphatic rings. The summed E-state index contributed by atoms with van der Waals surface area (Å²) in [5.41, 5.74) is 0.860. The van der Waals surface area contributed by atoms with Crippen molar-refractivity contribution in [1.29, 1.82) is 0 Å². The first-order chi connectivity index (χ1) is 14.9. The van der Waals surface area contributed by atoms with Crippen molar-refractivity contribution in [3.8, 4) is 11.5 Å². The first-order valence-corrected chi connectivity index (χ1v) is 11.6. The summed E-state index contributed by atoms with van der Waals surface area (Å²) in [7, 11) is -2.45. The van der Waals surface area contributed by atoms with E-state index in [0.717, 1.165) is 25.0 Å². The zero-order valence-corrected chi connectivity index (χ0v) is 18.6. The molecule has 1 fully saturated rings. The minimum atomic E-state index is -3.96. The third-order valence-electron chi connectivity index (χ3n) is 4.91. The quantitative estimate of drug-likeness (QED) is 0.592. The Kier molecular flexibility index (Phi) is 7.75. The van der Waals surface area contributed by atoms with Gasteiger partial charge in [0, 0.05) is 26.2 Å². The van der Waals surface area contributed by atoms with Crippen LogP contribution >= 0.6 is 0 Å². The Morgan fingerprint density at radius 1 is 1.13 bits per heavy atom. The lowest BCUT2D eigenvalue weighted by atomic mass is 10.2. The van der Waals surface area contributed by atoms with E-state index < -0.39 is 10.1 Å². The van der Waals surface area contributed by atoms with Crippen molar-refractivity contribution >= 4 is 16.1 Å². The van der Waals surface area contributed by atoms with Gasteiger partial charge in [-0.1, -0.05) is 12.1 Å². The molecular weight excluding hydrogens is 420 g/mol. The first kappa shape index (κ1) is 22.9. The molecule has 8 nitrogen and oxygen atoms in total. The maximum absolute atomic E-state index is 12.5. The summed E-state index contributed by atoms with van der Waals surface area (Å²) in [5.74, 6) is 0.756. The second-order valence-corrected chi connectivity index (χ2v) is 8.75. The number of hydrogen-bond donors (Lipinski definition) is 1. The van der Waals surface area contributed by atoms with E-state index in [2.05, 4.69) is 5.32 Å². The molecule has 0 saturated carbocycles. The van der Waals surface area contributed by atoms with Gasteiger partial charge < -0.3 is 23.9 Å². The predicted molar refractivity (Wildman–Crippen MR) is 116 cm³/mol. The fourth-order valence-electron chi connectivity index (χ4n) is 3.30. The number of ether oxygens (including phenoxy) is 2. The zero-order valence-electron chi connectivity index (χ0n) is 17.7. The Morgan fingerprint density at radius 3 is 2.39 bits per heavy atom. The molecule has 3 rings (SSSR count). The van der Waals surface area contributed by atoms with Crippen LogP contribution in [0, 0.1) is 0 Å². The normalized spacial score (nSPS) is 16.0. The second kappa shape index (κ2) is 10.5. The highest BCUT2D eigenvalue weighted by Gasteiger charge is 2.23. The summed E-state index contributed by atoms with van der Waals surface area (Å²) >= 11 is 0. The highest BCUT2D eigenvalue weighted by molar-refractivity contribution is 7.87. The Morgan fingerprint density at radius 2 is 1.81 bits per heavy atom. The van der Waals surface area contributed by atoms with E-state index in [1.807, 2.05) is 6.92 Å². The molecule has 31 heavy (non-hydrogen) atoms. The number of benzene rings is 2. The van der Waals surface area contributed by atoms with Gasteiger partial charge in [-0.05, 0) is 61.7 Å². The summed E-state index contributed by atoms with van der Waals surface area (Å²) in [6.45, 7) is 4.03. The van der Waals surface area contributed by atoms with Gasteiger partial charge in [-0.2, -0.15) is 8.42 Å². The van der Waals surface area contributed by atoms with E-state index in [4.69, 9.17) is 13.7 Å². The highest BCUT2D eigenvalue weighted by Crippen LogP contribution is 2.22. The minimum Gasteiger partial charge on any atom is -0.497 e. The number of rotatable bonds is 9. The van der Waals surface area contributed by atoms with Crippen LogP contribution in [0.2, 0.25) is 0 Å². The second-order valence-electron chi connectivity index (χ2n) is 7.21. The number of urea groups is 1. The van der Waals surface area contributed by atoms with Crippen molar-refractivity contribution in [1.82, 2.24) is 10.2 Å². The van der Waals surface area contributed by atoms with Crippen molar-refractivity contribution in [2.24, 2.45) is 0 Å². The van der Waals surface area contributed by atoms with E-state index in [0.29, 0.717) is 25.4 Å². The van der Waals surface area contributed by atoms with Gasteiger partial charge in [0.1, 0.15) is 16.4 Å². The highest BCUT2D eigenvalue weighted by atomic mass is 32.2. The molecule has 0 spiro atoms. The number of carbonyl (C=O) groups excluding carboxylic acids is 1. The lowest BCUT2D eigenvalue weighted by Gasteiger charge is -2.25. The van der Waals surface area contributed by atoms with E-state index in [1.54, 1.807) is 41.3 Å². The topological polar surface area (TPSA) is 94.2 Å². The maximum Gasteiger partial charge on any atom is 0.339 e. The van der Waals surface area contributed by atoms with Gasteiger partial charge in [-0.15, -0.1) is 0 Å². The number of carbonyl (C=O) groups is 1. The van der Waals surface area contributed by atoms with Crippen LogP contribution in [0.1, 0.15) is 25.3 Å². The molecule has 168 valence electrons. The summed E-state index contributed by atoms with van der Waals surface area (Å²) in [6.07, 6.45) is 1.98. The lowest BCUT2D eigenvalue weighted by Crippen LogP contribution is -2.43. The van der Waals surface area contributed by atoms with Gasteiger partial charge in [0.05, 0.1) is 13.2 Å². The van der Waals surface area contributed by atoms with Crippen molar-refractivity contribution in [2.45, 2.75) is 37.3 Å². The molecule has 2 aromatic rings. The van der Waals surface area contributed by atoms with Gasteiger partial charge in [-0.3, -0.25) is 0 Å². The molecule has 0 aromatic heterocycles. The van der Waals surface area contributed by atoms with Crippen molar-refractivity contribution < 1.29 is 26.9 Å². The van der Waals surface area contributed by atoms with Crippen LogP contribution in [0.5, 0.6) is 11.5 Å². The Hall–Kier alpha value is -2.78. The van der Waals surface area contributed by atoms with E-state index >= 15 is 0 Å². The molecule has 1 unspecified atom stereocenters. The van der Waals surface area contributed by atoms with Crippen molar-refractivity contribution in [2.75, 3.05) is 26.8 Å². The summed E-state index contributed by atoms with van der Waals surface area (Å²) in [5, 5.41) is 2.83. The molecule has 1 N–H and O–H groups in total. The predicted octanol–water partition coefficient (Wildman–Crippen LogP) is 3.17. The molecule has 1 atom stereocenters. The molecule has 1 heterocycles. The van der Waals surface area contributed by atoms with Crippen LogP contribution in [0.15, 0.2) is 53.4 Å². The van der Waals surface area contributed by atoms with Gasteiger partial charge in [0.15, 0.2) is 0 Å². The molecule has 1 saturated heterocycles. The number of methoxy groups -OCH3 is 1. The van der Waals surface area contributed by atoms with Gasteiger partial charge in [0.25, 0.3) is 0 Å². The van der Waals surface area contributed by atoms with Crippen LogP contribution in [0.3, 0.4) is 0 Å². The van der Waals surface area contributed by atoms with Crippen molar-refractivity contribution in [3.63, 3.8) is 0 Å². The SMILES string of the molecule is CCNC(=O)N(Cc1ccc(OS(=O)(=O)c2ccc(OC)cc2)cc1)CC1CCCO1. The smallest absolute Gasteiger partial charge is 0.339 e. The van der Waals surface area contributed by atoms with E-state index in [1.165, 1.54) is 19.2 Å². The van der Waals surface area contributed by atoms with Crippen LogP contribution in [0.25, 0.3) is 0 Å². The largest absolute Gasteiger partial charge is 0.497 e. The summed E-state index contributed by atoms with van der Waals surface area (Å²) in [4.78, 5) is 14.2. The van der Waals surface area contributed by atoms with Crippen LogP contribution in [-0.2, 0) is 21.4 Å². The number of nitrogens with one attached hydrogen (secondary N) is 1. The monoisotopic (exact) mass is 448 g/mol. The molecule has 0 radical (unpaired) electrons. The molecular formula is C22H28N2O6S. The number of amides is 2. The Balaban J connectivity index is 1.66. The van der Waals surface area contributed by atoms with Gasteiger partial charge >= 0.3 is 16.1 Å². The average Bonchev–Trinajstić information content (AvgIpc) is 3.28. The standard InChI is InChI=1S/C22H28N2O6S/c1-3-23-22(25)24(16-20-5-4-14-29-20)15-17-6-8-19(9-7-17)30-31(26,27)21-12-10-18(28-2)11-13-21/h6-13,20H,3-5,14-16H2,1-2H3,(H,23,25). The molecule has 1 aliphatic heterocycles. The Labute approximate surface area is 183 Å². The third-order valence-corrected chi connectivity index (χ3v) is 6.18. The summed E-state index contributed by atoms with van der Waals surface area (Å²) in [6, 6.07) is 12.5. The van der Waals surface area contributed by atoms with E-state index in [-0.39, 0.29) is 22.8 Å². The summed E-state index contributed by atoms with van der Waals surface area (Å²) < 4.78 is 40.9. The molecule has 0 aliphatic carbocycles. The van der Waals surface area contributed by atoms with Crippen LogP contribution in [-0.4, -0.2) is 52.3 Å². The van der Waals surface area contributed by atoms with Crippen LogP contribution in [0.4, 0.5) is 4.79 Å². The zero-order chi connectivity index (χ0) is 22.3. The number of nitrogens with zero attached hydrogens (tertiary/aromatic N) is 1. The van der Waals surface area contributed by atoms with Crippen molar-refractivity contribution in [3.05, 3.63) is 54.1 Å². The van der Waals surface area contributed by atoms with Gasteiger partial charge in [0.2, 0.25) is 0 Å². The molecule has 2 aromatic carbocycles. The fraction of sp³-hybridized carbons (Fsp3) is 0.409. The first-order valence-electron chi connectivity index (χ1n) is 10.2. The number of hydrogen-bond acceptors (Lipinski definition) is 6. The Bertz CT molecular complexity index is 955. The van der Waals surface area contributed by atoms with Gasteiger partial charge in [-0.25, -0.2) is 4.79 Å². The average molecular weight is 449 g/mol. The van der Waals surface area contributed by atoms with E-state index in [9.17, 15) is 13.2 Å². The molecule has 9 heteroatoms. The molecule has 2 amide bonds. The van der Waals surface area contributed by atoms with Crippen LogP contribution < -0.4 is 14.2 Å². The lowest BCUT2D eigenvalue weighted by molar-refractivity contribution is 0.0796. The minimum absolute atomic E-state index is 0.0383. The third kappa shape index (κ3) is 6.35.